The van der Waals surface area contributed by atoms with E-state index >= 15 is 0 Å². The maximum Gasteiger partial charge on any atom is 0.238 e. The van der Waals surface area contributed by atoms with Crippen LogP contribution in [0.15, 0.2) is 91.0 Å². The van der Waals surface area contributed by atoms with Crippen molar-refractivity contribution in [3.8, 4) is 0 Å². The first-order valence-electron chi connectivity index (χ1n) is 10.8. The molecule has 0 N–H and O–H groups in total. The largest absolute Gasteiger partial charge is 0.274 e. The Hall–Kier alpha value is -3.46. The number of hydrogen-bond donors (Lipinski definition) is 0. The van der Waals surface area contributed by atoms with E-state index in [0.717, 1.165) is 22.3 Å². The molecular formula is C28H25NO2. The van der Waals surface area contributed by atoms with Gasteiger partial charge in [-0.1, -0.05) is 78.9 Å². The van der Waals surface area contributed by atoms with Crippen LogP contribution >= 0.6 is 0 Å². The van der Waals surface area contributed by atoms with Crippen molar-refractivity contribution in [2.24, 2.45) is 11.8 Å². The van der Waals surface area contributed by atoms with E-state index in [4.69, 9.17) is 0 Å². The molecule has 1 aliphatic carbocycles. The monoisotopic (exact) mass is 407 g/mol. The first-order valence-corrected chi connectivity index (χ1v) is 10.8. The van der Waals surface area contributed by atoms with Gasteiger partial charge in [0.1, 0.15) is 0 Å². The van der Waals surface area contributed by atoms with Crippen LogP contribution in [-0.2, 0) is 9.59 Å². The number of benzene rings is 3. The molecule has 3 nitrogen and oxygen atoms in total. The van der Waals surface area contributed by atoms with Gasteiger partial charge in [0, 0.05) is 11.8 Å². The summed E-state index contributed by atoms with van der Waals surface area (Å²) in [5, 5.41) is 0. The van der Waals surface area contributed by atoms with Crippen LogP contribution in [0.25, 0.3) is 0 Å². The van der Waals surface area contributed by atoms with Gasteiger partial charge in [0.2, 0.25) is 11.8 Å². The zero-order valence-electron chi connectivity index (χ0n) is 17.7. The minimum atomic E-state index is -0.411. The van der Waals surface area contributed by atoms with Gasteiger partial charge in [0.05, 0.1) is 17.5 Å². The predicted molar refractivity (Wildman–Crippen MR) is 123 cm³/mol. The Morgan fingerprint density at radius 1 is 0.613 bits per heavy atom. The quantitative estimate of drug-likeness (QED) is 0.422. The molecule has 3 aromatic rings. The van der Waals surface area contributed by atoms with E-state index < -0.39 is 11.8 Å². The van der Waals surface area contributed by atoms with E-state index in [2.05, 4.69) is 18.2 Å². The van der Waals surface area contributed by atoms with Gasteiger partial charge in [-0.3, -0.25) is 9.59 Å². The minimum absolute atomic E-state index is 0.0980. The highest BCUT2D eigenvalue weighted by Gasteiger charge is 2.55. The summed E-state index contributed by atoms with van der Waals surface area (Å²) < 4.78 is 0. The van der Waals surface area contributed by atoms with Crippen molar-refractivity contribution in [2.45, 2.75) is 25.7 Å². The molecule has 31 heavy (non-hydrogen) atoms. The summed E-state index contributed by atoms with van der Waals surface area (Å²) in [6.45, 7) is 3.99. The van der Waals surface area contributed by atoms with Crippen LogP contribution in [0.2, 0.25) is 0 Å². The third-order valence-corrected chi connectivity index (χ3v) is 6.53. The van der Waals surface area contributed by atoms with Crippen molar-refractivity contribution in [3.63, 3.8) is 0 Å². The fraction of sp³-hybridized carbons (Fsp3) is 0.214. The second kappa shape index (κ2) is 7.66. The molecule has 4 atom stereocenters. The molecule has 2 amide bonds. The number of aryl methyl sites for hydroxylation is 2. The number of imide groups is 1. The highest BCUT2D eigenvalue weighted by Crippen LogP contribution is 2.50. The Bertz CT molecular complexity index is 1080. The van der Waals surface area contributed by atoms with Crippen molar-refractivity contribution in [2.75, 3.05) is 4.90 Å². The van der Waals surface area contributed by atoms with Gasteiger partial charge in [-0.25, -0.2) is 4.90 Å². The molecule has 4 unspecified atom stereocenters. The average molecular weight is 408 g/mol. The third kappa shape index (κ3) is 3.31. The minimum Gasteiger partial charge on any atom is -0.274 e. The topological polar surface area (TPSA) is 37.4 Å². The predicted octanol–water partition coefficient (Wildman–Crippen LogP) is 5.55. The zero-order chi connectivity index (χ0) is 21.5. The molecule has 0 radical (unpaired) electrons. The Morgan fingerprint density at radius 2 is 1.03 bits per heavy atom. The van der Waals surface area contributed by atoms with Gasteiger partial charge >= 0.3 is 0 Å². The molecule has 154 valence electrons. The fourth-order valence-corrected chi connectivity index (χ4v) is 5.27. The molecule has 5 rings (SSSR count). The van der Waals surface area contributed by atoms with Gasteiger partial charge in [0.15, 0.2) is 0 Å². The van der Waals surface area contributed by atoms with Gasteiger partial charge in [0.25, 0.3) is 0 Å². The lowest BCUT2D eigenvalue weighted by molar-refractivity contribution is -0.122. The summed E-state index contributed by atoms with van der Waals surface area (Å²) in [6.07, 6.45) is 4.26. The molecule has 3 heteroatoms. The number of rotatable bonds is 3. The SMILES string of the molecule is Cc1cc(C)cc(N2C(=O)C3C(c4ccccc4)C=CC(c4ccccc4)C3C2=O)c1. The van der Waals surface area contributed by atoms with Gasteiger partial charge in [-0.2, -0.15) is 0 Å². The van der Waals surface area contributed by atoms with Crippen LogP contribution in [0, 0.1) is 25.7 Å². The van der Waals surface area contributed by atoms with Crippen LogP contribution in [0.1, 0.15) is 34.1 Å². The number of carbonyl (C=O) groups excluding carboxylic acids is 2. The smallest absolute Gasteiger partial charge is 0.238 e. The van der Waals surface area contributed by atoms with Crippen LogP contribution in [-0.4, -0.2) is 11.8 Å². The Labute approximate surface area is 183 Å². The Balaban J connectivity index is 1.64. The maximum absolute atomic E-state index is 13.8. The van der Waals surface area contributed by atoms with E-state index in [9.17, 15) is 9.59 Å². The summed E-state index contributed by atoms with van der Waals surface area (Å²) in [7, 11) is 0. The summed E-state index contributed by atoms with van der Waals surface area (Å²) in [4.78, 5) is 29.0. The van der Waals surface area contributed by atoms with Crippen molar-refractivity contribution < 1.29 is 9.59 Å². The molecule has 0 saturated carbocycles. The standard InChI is InChI=1S/C28H25NO2/c1-18-15-19(2)17-22(16-18)29-27(30)25-23(20-9-5-3-6-10-20)13-14-24(26(25)28(29)31)21-11-7-4-8-12-21/h3-17,23-26H,1-2H3. The van der Waals surface area contributed by atoms with Gasteiger partial charge in [-0.05, 0) is 48.2 Å². The van der Waals surface area contributed by atoms with Gasteiger partial charge < -0.3 is 0 Å². The first-order chi connectivity index (χ1) is 15.0. The molecule has 0 spiro atoms. The number of nitrogens with zero attached hydrogens (tertiary/aromatic N) is 1. The lowest BCUT2D eigenvalue weighted by Gasteiger charge is -2.32. The number of hydrogen-bond acceptors (Lipinski definition) is 2. The first kappa shape index (κ1) is 19.5. The highest BCUT2D eigenvalue weighted by atomic mass is 16.2. The van der Waals surface area contributed by atoms with Crippen LogP contribution in [0.5, 0.6) is 0 Å². The Kier molecular flexibility index (Phi) is 4.82. The molecule has 0 aromatic heterocycles. The number of carbonyl (C=O) groups is 2. The summed E-state index contributed by atoms with van der Waals surface area (Å²) >= 11 is 0. The number of anilines is 1. The maximum atomic E-state index is 13.8. The van der Waals surface area contributed by atoms with E-state index in [1.54, 1.807) is 0 Å². The molecular weight excluding hydrogens is 382 g/mol. The molecule has 3 aromatic carbocycles. The second-order valence-corrected chi connectivity index (χ2v) is 8.67. The van der Waals surface area contributed by atoms with Crippen molar-refractivity contribution in [1.82, 2.24) is 0 Å². The fourth-order valence-electron chi connectivity index (χ4n) is 5.27. The third-order valence-electron chi connectivity index (χ3n) is 6.53. The van der Waals surface area contributed by atoms with Crippen LogP contribution < -0.4 is 4.90 Å². The molecule has 0 bridgehead atoms. The number of fused-ring (bicyclic) bond motifs is 1. The molecule has 1 fully saturated rings. The molecule has 1 heterocycles. The van der Waals surface area contributed by atoms with Crippen molar-refractivity contribution >= 4 is 17.5 Å². The molecule has 2 aliphatic rings. The van der Waals surface area contributed by atoms with Crippen LogP contribution in [0.3, 0.4) is 0 Å². The highest BCUT2D eigenvalue weighted by molar-refractivity contribution is 6.23. The summed E-state index contributed by atoms with van der Waals surface area (Å²) in [5.41, 5.74) is 4.92. The molecule has 1 saturated heterocycles. The van der Waals surface area contributed by atoms with Crippen molar-refractivity contribution in [3.05, 3.63) is 113 Å². The van der Waals surface area contributed by atoms with E-state index in [-0.39, 0.29) is 23.7 Å². The Morgan fingerprint density at radius 3 is 1.45 bits per heavy atom. The van der Waals surface area contributed by atoms with E-state index in [0.29, 0.717) is 5.69 Å². The lowest BCUT2D eigenvalue weighted by atomic mass is 9.68. The molecule has 1 aliphatic heterocycles. The number of allylic oxidation sites excluding steroid dienone is 2. The van der Waals surface area contributed by atoms with Gasteiger partial charge in [-0.15, -0.1) is 0 Å². The number of amides is 2. The normalized spacial score (nSPS) is 25.0. The van der Waals surface area contributed by atoms with E-state index in [1.807, 2.05) is 86.6 Å². The van der Waals surface area contributed by atoms with Crippen LogP contribution in [0.4, 0.5) is 5.69 Å². The lowest BCUT2D eigenvalue weighted by Crippen LogP contribution is -2.31. The average Bonchev–Trinajstić information content (AvgIpc) is 3.04. The van der Waals surface area contributed by atoms with Crippen molar-refractivity contribution in [1.29, 1.82) is 0 Å². The summed E-state index contributed by atoms with van der Waals surface area (Å²) in [5.74, 6) is -1.24. The second-order valence-electron chi connectivity index (χ2n) is 8.67. The zero-order valence-corrected chi connectivity index (χ0v) is 17.7. The summed E-state index contributed by atoms with van der Waals surface area (Å²) in [6, 6.07) is 26.0. The van der Waals surface area contributed by atoms with E-state index in [1.165, 1.54) is 4.90 Å².